The molecule has 1 aromatic carbocycles. The molecule has 2 amide bonds. The average Bonchev–Trinajstić information content (AvgIpc) is 2.64. The molecule has 1 fully saturated rings. The summed E-state index contributed by atoms with van der Waals surface area (Å²) >= 11 is 3.26. The summed E-state index contributed by atoms with van der Waals surface area (Å²) in [5.41, 5.74) is 0.684. The second-order valence-corrected chi connectivity index (χ2v) is 5.80. The van der Waals surface area contributed by atoms with E-state index >= 15 is 0 Å². The third-order valence-corrected chi connectivity index (χ3v) is 4.16. The Hall–Kier alpha value is -1.14. The van der Waals surface area contributed by atoms with E-state index in [2.05, 4.69) is 21.2 Å². The molecular formula is C14H18BrFN2O2. The van der Waals surface area contributed by atoms with Crippen LogP contribution in [0.3, 0.4) is 0 Å². The van der Waals surface area contributed by atoms with Gasteiger partial charge in [0.15, 0.2) is 5.82 Å². The fourth-order valence-corrected chi connectivity index (χ4v) is 2.44. The highest BCUT2D eigenvalue weighted by atomic mass is 79.9. The summed E-state index contributed by atoms with van der Waals surface area (Å²) < 4.78 is 20.2. The van der Waals surface area contributed by atoms with E-state index in [-0.39, 0.29) is 17.8 Å². The first-order valence-electron chi connectivity index (χ1n) is 6.61. The molecule has 1 aromatic rings. The maximum absolute atomic E-state index is 14.1. The summed E-state index contributed by atoms with van der Waals surface area (Å²) in [6.45, 7) is 5.37. The van der Waals surface area contributed by atoms with E-state index in [4.69, 9.17) is 4.74 Å². The normalized spacial score (nSPS) is 19.6. The third-order valence-electron chi connectivity index (χ3n) is 3.30. The lowest BCUT2D eigenvalue weighted by Crippen LogP contribution is -2.39. The molecule has 1 saturated heterocycles. The van der Waals surface area contributed by atoms with Gasteiger partial charge in [-0.2, -0.15) is 0 Å². The van der Waals surface area contributed by atoms with Crippen molar-refractivity contribution in [1.29, 1.82) is 0 Å². The number of carbonyl (C=O) groups is 1. The van der Waals surface area contributed by atoms with E-state index in [0.29, 0.717) is 29.7 Å². The van der Waals surface area contributed by atoms with Crippen LogP contribution in [-0.4, -0.2) is 36.7 Å². The van der Waals surface area contributed by atoms with Crippen LogP contribution in [0.5, 0.6) is 0 Å². The van der Waals surface area contributed by atoms with Gasteiger partial charge in [-0.15, -0.1) is 0 Å². The molecule has 110 valence electrons. The summed E-state index contributed by atoms with van der Waals surface area (Å²) in [6, 6.07) is 2.99. The van der Waals surface area contributed by atoms with Crippen LogP contribution in [0.4, 0.5) is 14.9 Å². The van der Waals surface area contributed by atoms with Crippen molar-refractivity contribution in [2.75, 3.05) is 25.0 Å². The van der Waals surface area contributed by atoms with E-state index in [9.17, 15) is 9.18 Å². The molecule has 0 aliphatic carbocycles. The van der Waals surface area contributed by atoms with Gasteiger partial charge in [0.2, 0.25) is 0 Å². The molecule has 0 spiro atoms. The molecule has 0 radical (unpaired) electrons. The van der Waals surface area contributed by atoms with Crippen molar-refractivity contribution in [2.24, 2.45) is 0 Å². The topological polar surface area (TPSA) is 41.6 Å². The van der Waals surface area contributed by atoms with Crippen LogP contribution in [0.25, 0.3) is 0 Å². The van der Waals surface area contributed by atoms with Gasteiger partial charge in [0.1, 0.15) is 0 Å². The minimum absolute atomic E-state index is 0.000231. The number of ether oxygens (including phenoxy) is 1. The molecule has 1 N–H and O–H groups in total. The lowest BCUT2D eigenvalue weighted by Gasteiger charge is -2.22. The molecule has 6 heteroatoms. The molecule has 2 rings (SSSR count). The van der Waals surface area contributed by atoms with Gasteiger partial charge in [0.25, 0.3) is 0 Å². The van der Waals surface area contributed by atoms with Crippen LogP contribution < -0.4 is 5.32 Å². The van der Waals surface area contributed by atoms with Gasteiger partial charge < -0.3 is 15.0 Å². The van der Waals surface area contributed by atoms with E-state index in [1.807, 2.05) is 6.92 Å². The molecule has 0 bridgehead atoms. The SMILES string of the molecule is Cc1c(Br)ccc(NC(=O)N2CCCOC(C)C2)c1F. The summed E-state index contributed by atoms with van der Waals surface area (Å²) in [5.74, 6) is -0.410. The Balaban J connectivity index is 2.09. The van der Waals surface area contributed by atoms with Crippen LogP contribution >= 0.6 is 15.9 Å². The van der Waals surface area contributed by atoms with Crippen molar-refractivity contribution >= 4 is 27.6 Å². The van der Waals surface area contributed by atoms with Gasteiger partial charge in [-0.3, -0.25) is 0 Å². The largest absolute Gasteiger partial charge is 0.377 e. The number of nitrogens with zero attached hydrogens (tertiary/aromatic N) is 1. The standard InChI is InChI=1S/C14H18BrFN2O2/c1-9-8-18(6-3-7-20-9)14(19)17-12-5-4-11(15)10(2)13(12)16/h4-5,9H,3,6-8H2,1-2H3,(H,17,19). The first-order chi connectivity index (χ1) is 9.49. The summed E-state index contributed by atoms with van der Waals surface area (Å²) in [4.78, 5) is 13.9. The summed E-state index contributed by atoms with van der Waals surface area (Å²) in [7, 11) is 0. The average molecular weight is 345 g/mol. The molecule has 1 aliphatic rings. The van der Waals surface area contributed by atoms with Crippen LogP contribution in [0.1, 0.15) is 18.9 Å². The van der Waals surface area contributed by atoms with E-state index < -0.39 is 5.82 Å². The second-order valence-electron chi connectivity index (χ2n) is 4.95. The van der Waals surface area contributed by atoms with Gasteiger partial charge >= 0.3 is 6.03 Å². The monoisotopic (exact) mass is 344 g/mol. The maximum Gasteiger partial charge on any atom is 0.322 e. The van der Waals surface area contributed by atoms with Crippen molar-refractivity contribution in [3.8, 4) is 0 Å². The summed E-state index contributed by atoms with van der Waals surface area (Å²) in [5, 5.41) is 2.63. The Kier molecular flexibility index (Phi) is 4.99. The van der Waals surface area contributed by atoms with E-state index in [1.54, 1.807) is 24.0 Å². The lowest BCUT2D eigenvalue weighted by atomic mass is 10.2. The number of anilines is 1. The van der Waals surface area contributed by atoms with Crippen molar-refractivity contribution < 1.29 is 13.9 Å². The number of urea groups is 1. The summed E-state index contributed by atoms with van der Waals surface area (Å²) in [6.07, 6.45) is 0.791. The Labute approximate surface area is 126 Å². The molecule has 1 atom stereocenters. The number of benzene rings is 1. The number of nitrogens with one attached hydrogen (secondary N) is 1. The van der Waals surface area contributed by atoms with Crippen LogP contribution in [-0.2, 0) is 4.74 Å². The van der Waals surface area contributed by atoms with Gasteiger partial charge in [-0.05, 0) is 32.4 Å². The molecule has 0 aromatic heterocycles. The number of amides is 2. The molecular weight excluding hydrogens is 327 g/mol. The molecule has 20 heavy (non-hydrogen) atoms. The lowest BCUT2D eigenvalue weighted by molar-refractivity contribution is 0.0718. The Morgan fingerprint density at radius 2 is 2.30 bits per heavy atom. The smallest absolute Gasteiger partial charge is 0.322 e. The quantitative estimate of drug-likeness (QED) is 0.846. The fraction of sp³-hybridized carbons (Fsp3) is 0.500. The molecule has 1 heterocycles. The predicted molar refractivity (Wildman–Crippen MR) is 79.5 cm³/mol. The fourth-order valence-electron chi connectivity index (χ4n) is 2.13. The molecule has 1 unspecified atom stereocenters. The molecule has 0 saturated carbocycles. The van der Waals surface area contributed by atoms with Crippen molar-refractivity contribution in [3.05, 3.63) is 28.0 Å². The number of hydrogen-bond donors (Lipinski definition) is 1. The Morgan fingerprint density at radius 1 is 1.55 bits per heavy atom. The Bertz CT molecular complexity index is 510. The minimum atomic E-state index is -0.410. The maximum atomic E-state index is 14.1. The first kappa shape index (κ1) is 15.3. The number of rotatable bonds is 1. The number of hydrogen-bond acceptors (Lipinski definition) is 2. The van der Waals surface area contributed by atoms with Crippen molar-refractivity contribution in [2.45, 2.75) is 26.4 Å². The van der Waals surface area contributed by atoms with Gasteiger partial charge in [-0.1, -0.05) is 15.9 Å². The highest BCUT2D eigenvalue weighted by molar-refractivity contribution is 9.10. The number of halogens is 2. The highest BCUT2D eigenvalue weighted by Crippen LogP contribution is 2.25. The van der Waals surface area contributed by atoms with Crippen LogP contribution in [0.15, 0.2) is 16.6 Å². The molecule has 4 nitrogen and oxygen atoms in total. The zero-order valence-electron chi connectivity index (χ0n) is 11.6. The van der Waals surface area contributed by atoms with Gasteiger partial charge in [0.05, 0.1) is 11.8 Å². The van der Waals surface area contributed by atoms with E-state index in [0.717, 1.165) is 6.42 Å². The van der Waals surface area contributed by atoms with Gasteiger partial charge in [-0.25, -0.2) is 9.18 Å². The van der Waals surface area contributed by atoms with Gasteiger partial charge in [0, 0.05) is 29.7 Å². The number of carbonyl (C=O) groups excluding carboxylic acids is 1. The van der Waals surface area contributed by atoms with Crippen molar-refractivity contribution in [3.63, 3.8) is 0 Å². The third kappa shape index (κ3) is 3.49. The zero-order chi connectivity index (χ0) is 14.7. The second kappa shape index (κ2) is 6.54. The Morgan fingerprint density at radius 3 is 3.05 bits per heavy atom. The molecule has 1 aliphatic heterocycles. The first-order valence-corrected chi connectivity index (χ1v) is 7.40. The van der Waals surface area contributed by atoms with E-state index in [1.165, 1.54) is 0 Å². The zero-order valence-corrected chi connectivity index (χ0v) is 13.2. The van der Waals surface area contributed by atoms with Crippen LogP contribution in [0, 0.1) is 12.7 Å². The highest BCUT2D eigenvalue weighted by Gasteiger charge is 2.21. The van der Waals surface area contributed by atoms with Crippen molar-refractivity contribution in [1.82, 2.24) is 4.90 Å². The van der Waals surface area contributed by atoms with Crippen LogP contribution in [0.2, 0.25) is 0 Å². The minimum Gasteiger partial charge on any atom is -0.377 e. The predicted octanol–water partition coefficient (Wildman–Crippen LogP) is 3.54.